The fourth-order valence-corrected chi connectivity index (χ4v) is 6.56. The lowest BCUT2D eigenvalue weighted by molar-refractivity contribution is 0.0255. The third-order valence-electron chi connectivity index (χ3n) is 6.15. The molecule has 5 nitrogen and oxygen atoms in total. The maximum atomic E-state index is 13.0. The maximum absolute atomic E-state index is 13.0. The van der Waals surface area contributed by atoms with E-state index in [4.69, 9.17) is 4.74 Å². The first kappa shape index (κ1) is 17.5. The minimum Gasteiger partial charge on any atom is -0.381 e. The van der Waals surface area contributed by atoms with Crippen molar-refractivity contribution in [2.24, 2.45) is 5.41 Å². The van der Waals surface area contributed by atoms with Crippen LogP contribution in [0.2, 0.25) is 0 Å². The van der Waals surface area contributed by atoms with Gasteiger partial charge in [0.2, 0.25) is 10.0 Å². The van der Waals surface area contributed by atoms with Crippen LogP contribution >= 0.6 is 0 Å². The molecular formula is C19H28N2O3S. The van der Waals surface area contributed by atoms with Gasteiger partial charge in [-0.1, -0.05) is 17.7 Å². The number of ether oxygens (including phenoxy) is 1. The van der Waals surface area contributed by atoms with E-state index in [0.29, 0.717) is 24.0 Å². The van der Waals surface area contributed by atoms with Gasteiger partial charge in [-0.15, -0.1) is 0 Å². The van der Waals surface area contributed by atoms with Gasteiger partial charge < -0.3 is 4.74 Å². The summed E-state index contributed by atoms with van der Waals surface area (Å²) in [5.74, 6) is 0. The summed E-state index contributed by atoms with van der Waals surface area (Å²) >= 11 is 0. The Kier molecular flexibility index (Phi) is 4.43. The summed E-state index contributed by atoms with van der Waals surface area (Å²) in [6, 6.07) is 6.22. The second kappa shape index (κ2) is 6.34. The smallest absolute Gasteiger partial charge is 0.243 e. The van der Waals surface area contributed by atoms with Crippen LogP contribution in [-0.2, 0) is 14.8 Å². The quantitative estimate of drug-likeness (QED) is 0.825. The van der Waals surface area contributed by atoms with Crippen molar-refractivity contribution in [3.8, 4) is 0 Å². The molecule has 25 heavy (non-hydrogen) atoms. The molecule has 1 spiro atoms. The van der Waals surface area contributed by atoms with Crippen LogP contribution in [0, 0.1) is 19.3 Å². The van der Waals surface area contributed by atoms with Gasteiger partial charge in [-0.25, -0.2) is 8.42 Å². The van der Waals surface area contributed by atoms with Gasteiger partial charge >= 0.3 is 0 Å². The molecule has 0 unspecified atom stereocenters. The molecule has 0 N–H and O–H groups in total. The van der Waals surface area contributed by atoms with Gasteiger partial charge in [-0.3, -0.25) is 4.90 Å². The zero-order valence-corrected chi connectivity index (χ0v) is 16.0. The molecule has 0 aromatic heterocycles. The van der Waals surface area contributed by atoms with Crippen molar-refractivity contribution in [1.82, 2.24) is 9.21 Å². The Hall–Kier alpha value is -0.950. The molecule has 0 bridgehead atoms. The lowest BCUT2D eigenvalue weighted by atomic mass is 9.81. The average molecular weight is 365 g/mol. The van der Waals surface area contributed by atoms with Gasteiger partial charge in [0.1, 0.15) is 0 Å². The molecule has 6 heteroatoms. The second-order valence-electron chi connectivity index (χ2n) is 8.11. The minimum atomic E-state index is -3.36. The summed E-state index contributed by atoms with van der Waals surface area (Å²) in [6.07, 6.45) is 3.34. The predicted octanol–water partition coefficient (Wildman–Crippen LogP) is 2.18. The summed E-state index contributed by atoms with van der Waals surface area (Å²) in [7, 11) is -3.36. The van der Waals surface area contributed by atoms with Gasteiger partial charge in [-0.05, 0) is 51.3 Å². The Bertz CT molecular complexity index is 750. The fraction of sp³-hybridized carbons (Fsp3) is 0.684. The Morgan fingerprint density at radius 1 is 1.12 bits per heavy atom. The molecule has 0 radical (unpaired) electrons. The van der Waals surface area contributed by atoms with Gasteiger partial charge in [-0.2, -0.15) is 4.31 Å². The molecule has 4 rings (SSSR count). The molecular weight excluding hydrogens is 336 g/mol. The minimum absolute atomic E-state index is 0.171. The summed E-state index contributed by atoms with van der Waals surface area (Å²) in [6.45, 7) is 9.08. The number of hydrogen-bond donors (Lipinski definition) is 0. The molecule has 1 aromatic rings. The number of sulfonamides is 1. The van der Waals surface area contributed by atoms with Crippen LogP contribution in [0.4, 0.5) is 0 Å². The summed E-state index contributed by atoms with van der Waals surface area (Å²) in [5.41, 5.74) is 2.11. The SMILES string of the molecule is Cc1ccc(S(=O)(=O)N2CC3(CCN(C4CCOCC4)C3)C2)c(C)c1. The fourth-order valence-electron chi connectivity index (χ4n) is 4.69. The molecule has 3 fully saturated rings. The predicted molar refractivity (Wildman–Crippen MR) is 97.1 cm³/mol. The van der Waals surface area contributed by atoms with Crippen LogP contribution < -0.4 is 0 Å². The van der Waals surface area contributed by atoms with Crippen molar-refractivity contribution >= 4 is 10.0 Å². The number of rotatable bonds is 3. The number of hydrogen-bond acceptors (Lipinski definition) is 4. The van der Waals surface area contributed by atoms with Crippen LogP contribution in [0.15, 0.2) is 23.1 Å². The summed E-state index contributed by atoms with van der Waals surface area (Å²) < 4.78 is 33.1. The third kappa shape index (κ3) is 3.14. The number of benzene rings is 1. The second-order valence-corrected chi connectivity index (χ2v) is 10.0. The zero-order valence-electron chi connectivity index (χ0n) is 15.2. The van der Waals surface area contributed by atoms with Crippen molar-refractivity contribution in [2.75, 3.05) is 39.4 Å². The van der Waals surface area contributed by atoms with E-state index in [0.717, 1.165) is 56.7 Å². The van der Waals surface area contributed by atoms with E-state index in [9.17, 15) is 8.42 Å². The van der Waals surface area contributed by atoms with Crippen LogP contribution in [0.5, 0.6) is 0 Å². The van der Waals surface area contributed by atoms with E-state index in [-0.39, 0.29) is 5.41 Å². The van der Waals surface area contributed by atoms with E-state index in [1.807, 2.05) is 26.0 Å². The van der Waals surface area contributed by atoms with E-state index in [2.05, 4.69) is 4.90 Å². The lowest BCUT2D eigenvalue weighted by Crippen LogP contribution is -2.59. The third-order valence-corrected chi connectivity index (χ3v) is 8.10. The van der Waals surface area contributed by atoms with Gasteiger partial charge in [0, 0.05) is 44.3 Å². The normalized spacial score (nSPS) is 25.4. The highest BCUT2D eigenvalue weighted by Crippen LogP contribution is 2.43. The van der Waals surface area contributed by atoms with Crippen LogP contribution in [0.3, 0.4) is 0 Å². The Balaban J connectivity index is 1.43. The topological polar surface area (TPSA) is 49.9 Å². The highest BCUT2D eigenvalue weighted by Gasteiger charge is 2.52. The summed E-state index contributed by atoms with van der Waals surface area (Å²) in [5, 5.41) is 0. The Morgan fingerprint density at radius 3 is 2.52 bits per heavy atom. The van der Waals surface area contributed by atoms with Crippen molar-refractivity contribution in [3.63, 3.8) is 0 Å². The molecule has 3 aliphatic rings. The first-order valence-electron chi connectivity index (χ1n) is 9.29. The maximum Gasteiger partial charge on any atom is 0.243 e. The van der Waals surface area contributed by atoms with Crippen molar-refractivity contribution in [1.29, 1.82) is 0 Å². The van der Waals surface area contributed by atoms with Gasteiger partial charge in [0.15, 0.2) is 0 Å². The average Bonchev–Trinajstić information content (AvgIpc) is 3.00. The molecule has 138 valence electrons. The molecule has 3 saturated heterocycles. The highest BCUT2D eigenvalue weighted by atomic mass is 32.2. The largest absolute Gasteiger partial charge is 0.381 e. The van der Waals surface area contributed by atoms with E-state index >= 15 is 0 Å². The molecule has 1 aromatic carbocycles. The number of aryl methyl sites for hydroxylation is 2. The Labute approximate surface area is 151 Å². The molecule has 3 heterocycles. The zero-order chi connectivity index (χ0) is 17.7. The van der Waals surface area contributed by atoms with E-state index in [1.165, 1.54) is 0 Å². The lowest BCUT2D eigenvalue weighted by Gasteiger charge is -2.47. The molecule has 0 atom stereocenters. The molecule has 0 aliphatic carbocycles. The van der Waals surface area contributed by atoms with Crippen molar-refractivity contribution < 1.29 is 13.2 Å². The van der Waals surface area contributed by atoms with Gasteiger partial charge in [0.05, 0.1) is 4.90 Å². The van der Waals surface area contributed by atoms with Crippen molar-refractivity contribution in [3.05, 3.63) is 29.3 Å². The van der Waals surface area contributed by atoms with Crippen LogP contribution in [0.1, 0.15) is 30.4 Å². The molecule has 0 saturated carbocycles. The van der Waals surface area contributed by atoms with E-state index < -0.39 is 10.0 Å². The molecule has 3 aliphatic heterocycles. The van der Waals surface area contributed by atoms with Crippen LogP contribution in [0.25, 0.3) is 0 Å². The molecule has 0 amide bonds. The number of nitrogens with zero attached hydrogens (tertiary/aromatic N) is 2. The van der Waals surface area contributed by atoms with Crippen molar-refractivity contribution in [2.45, 2.75) is 44.0 Å². The summed E-state index contributed by atoms with van der Waals surface area (Å²) in [4.78, 5) is 3.04. The Morgan fingerprint density at radius 2 is 1.84 bits per heavy atom. The van der Waals surface area contributed by atoms with E-state index in [1.54, 1.807) is 10.4 Å². The first-order chi connectivity index (χ1) is 11.9. The van der Waals surface area contributed by atoms with Crippen LogP contribution in [-0.4, -0.2) is 63.1 Å². The highest BCUT2D eigenvalue weighted by molar-refractivity contribution is 7.89. The number of likely N-dealkylation sites (tertiary alicyclic amines) is 1. The van der Waals surface area contributed by atoms with Gasteiger partial charge in [0.25, 0.3) is 0 Å². The monoisotopic (exact) mass is 364 g/mol. The first-order valence-corrected chi connectivity index (χ1v) is 10.7. The standard InChI is InChI=1S/C19H28N2O3S/c1-15-3-4-18(16(2)11-15)25(22,23)21-13-19(14-21)7-8-20(12-19)17-5-9-24-10-6-17/h3-4,11,17H,5-10,12-14H2,1-2H3.